The van der Waals surface area contributed by atoms with Gasteiger partial charge in [0.2, 0.25) is 5.91 Å². The molecule has 3 rings (SSSR count). The Bertz CT molecular complexity index is 1010. The SMILES string of the molecule is Cc1c(Cl)c(=O)oc2cc(OCC(=O)N[C@@H](CO)C(=O)NC3CCCCCCC3)ccc12. The lowest BCUT2D eigenvalue weighted by Gasteiger charge is -2.24. The van der Waals surface area contributed by atoms with Crippen LogP contribution in [0.3, 0.4) is 0 Å². The first kappa shape index (κ1) is 24.1. The fraction of sp³-hybridized carbons (Fsp3) is 0.522. The van der Waals surface area contributed by atoms with Crippen LogP contribution in [0.5, 0.6) is 5.75 Å². The predicted molar refractivity (Wildman–Crippen MR) is 121 cm³/mol. The molecule has 1 heterocycles. The highest BCUT2D eigenvalue weighted by Gasteiger charge is 2.23. The van der Waals surface area contributed by atoms with E-state index in [2.05, 4.69) is 10.6 Å². The first-order valence-electron chi connectivity index (χ1n) is 11.0. The number of aliphatic hydroxyl groups excluding tert-OH is 1. The molecular weight excluding hydrogens is 436 g/mol. The number of carbonyl (C=O) groups excluding carboxylic acids is 2. The monoisotopic (exact) mass is 464 g/mol. The minimum atomic E-state index is -1.05. The van der Waals surface area contributed by atoms with E-state index in [1.807, 2.05) is 0 Å². The van der Waals surface area contributed by atoms with Crippen molar-refractivity contribution in [3.8, 4) is 5.75 Å². The summed E-state index contributed by atoms with van der Waals surface area (Å²) in [5, 5.41) is 15.7. The smallest absolute Gasteiger partial charge is 0.355 e. The van der Waals surface area contributed by atoms with Crippen LogP contribution in [0.15, 0.2) is 27.4 Å². The number of amides is 2. The van der Waals surface area contributed by atoms with E-state index in [-0.39, 0.29) is 17.7 Å². The minimum Gasteiger partial charge on any atom is -0.484 e. The van der Waals surface area contributed by atoms with Gasteiger partial charge in [-0.2, -0.15) is 0 Å². The van der Waals surface area contributed by atoms with E-state index in [1.165, 1.54) is 12.5 Å². The van der Waals surface area contributed by atoms with Crippen molar-refractivity contribution in [1.29, 1.82) is 0 Å². The summed E-state index contributed by atoms with van der Waals surface area (Å²) in [6.07, 6.45) is 7.49. The number of ether oxygens (including phenoxy) is 1. The van der Waals surface area contributed by atoms with Gasteiger partial charge in [-0.3, -0.25) is 9.59 Å². The third-order valence-electron chi connectivity index (χ3n) is 5.72. The molecule has 3 N–H and O–H groups in total. The van der Waals surface area contributed by atoms with Crippen LogP contribution in [-0.2, 0) is 9.59 Å². The number of fused-ring (bicyclic) bond motifs is 1. The van der Waals surface area contributed by atoms with E-state index in [9.17, 15) is 19.5 Å². The predicted octanol–water partition coefficient (Wildman–Crippen LogP) is 2.84. The molecule has 0 saturated heterocycles. The second-order valence-electron chi connectivity index (χ2n) is 8.13. The summed E-state index contributed by atoms with van der Waals surface area (Å²) in [5.41, 5.74) is 0.248. The molecule has 1 fully saturated rings. The first-order valence-corrected chi connectivity index (χ1v) is 11.3. The molecule has 0 aliphatic heterocycles. The Kier molecular flexibility index (Phi) is 8.53. The maximum Gasteiger partial charge on any atom is 0.355 e. The number of carbonyl (C=O) groups is 2. The average molecular weight is 465 g/mol. The normalized spacial score (nSPS) is 16.1. The Morgan fingerprint density at radius 3 is 2.59 bits per heavy atom. The largest absolute Gasteiger partial charge is 0.484 e. The van der Waals surface area contributed by atoms with Crippen LogP contribution in [-0.4, -0.2) is 42.2 Å². The number of halogens is 1. The molecular formula is C23H29ClN2O6. The summed E-state index contributed by atoms with van der Waals surface area (Å²) >= 11 is 5.92. The van der Waals surface area contributed by atoms with Gasteiger partial charge in [0.05, 0.1) is 6.61 Å². The number of aliphatic hydroxyl groups is 1. The lowest BCUT2D eigenvalue weighted by Crippen LogP contribution is -2.52. The van der Waals surface area contributed by atoms with Gasteiger partial charge in [-0.25, -0.2) is 4.79 Å². The van der Waals surface area contributed by atoms with Gasteiger partial charge in [0.15, 0.2) is 6.61 Å². The zero-order valence-electron chi connectivity index (χ0n) is 18.1. The third-order valence-corrected chi connectivity index (χ3v) is 6.16. The molecule has 1 aromatic heterocycles. The van der Waals surface area contributed by atoms with Crippen molar-refractivity contribution in [3.05, 3.63) is 39.2 Å². The molecule has 174 valence electrons. The maximum atomic E-state index is 12.5. The van der Waals surface area contributed by atoms with Crippen LogP contribution in [0.2, 0.25) is 5.02 Å². The fourth-order valence-electron chi connectivity index (χ4n) is 3.88. The molecule has 0 bridgehead atoms. The molecule has 32 heavy (non-hydrogen) atoms. The topological polar surface area (TPSA) is 118 Å². The average Bonchev–Trinajstić information content (AvgIpc) is 2.76. The molecule has 2 aromatic rings. The number of hydrogen-bond donors (Lipinski definition) is 3. The van der Waals surface area contributed by atoms with Crippen molar-refractivity contribution in [1.82, 2.24) is 10.6 Å². The molecule has 0 unspecified atom stereocenters. The minimum absolute atomic E-state index is 0.0262. The standard InChI is InChI=1S/C23H29ClN2O6/c1-14-17-10-9-16(11-19(17)32-23(30)21(14)24)31-13-20(28)26-18(12-27)22(29)25-15-7-5-3-2-4-6-8-15/h9-11,15,18,27H,2-8,12-13H2,1H3,(H,25,29)(H,26,28)/t18-/m0/s1. The van der Waals surface area contributed by atoms with Crippen LogP contribution in [0.4, 0.5) is 0 Å². The Morgan fingerprint density at radius 1 is 1.22 bits per heavy atom. The zero-order chi connectivity index (χ0) is 23.1. The Balaban J connectivity index is 1.55. The second-order valence-corrected chi connectivity index (χ2v) is 8.51. The van der Waals surface area contributed by atoms with Crippen molar-refractivity contribution in [2.24, 2.45) is 0 Å². The molecule has 1 atom stereocenters. The molecule has 0 radical (unpaired) electrons. The van der Waals surface area contributed by atoms with Crippen LogP contribution < -0.4 is 21.0 Å². The summed E-state index contributed by atoms with van der Waals surface area (Å²) < 4.78 is 10.6. The van der Waals surface area contributed by atoms with Gasteiger partial charge in [-0.1, -0.05) is 43.7 Å². The third kappa shape index (κ3) is 6.23. The molecule has 1 saturated carbocycles. The molecule has 8 nitrogen and oxygen atoms in total. The van der Waals surface area contributed by atoms with E-state index in [0.29, 0.717) is 22.3 Å². The molecule has 1 aromatic carbocycles. The first-order chi connectivity index (χ1) is 15.4. The van der Waals surface area contributed by atoms with Crippen LogP contribution in [0.1, 0.15) is 50.5 Å². The Labute approximate surface area is 191 Å². The van der Waals surface area contributed by atoms with Gasteiger partial charge in [0.25, 0.3) is 5.91 Å². The van der Waals surface area contributed by atoms with Gasteiger partial charge in [0, 0.05) is 17.5 Å². The van der Waals surface area contributed by atoms with Gasteiger partial charge < -0.3 is 24.9 Å². The second kappa shape index (κ2) is 11.3. The van der Waals surface area contributed by atoms with Gasteiger partial charge in [-0.05, 0) is 37.5 Å². The van der Waals surface area contributed by atoms with Gasteiger partial charge in [0.1, 0.15) is 22.4 Å². The fourth-order valence-corrected chi connectivity index (χ4v) is 4.02. The quantitative estimate of drug-likeness (QED) is 0.542. The molecule has 1 aliphatic rings. The highest BCUT2D eigenvalue weighted by atomic mass is 35.5. The highest BCUT2D eigenvalue weighted by Crippen LogP contribution is 2.25. The number of rotatable bonds is 7. The zero-order valence-corrected chi connectivity index (χ0v) is 18.9. The number of hydrogen-bond acceptors (Lipinski definition) is 6. The van der Waals surface area contributed by atoms with Crippen LogP contribution >= 0.6 is 11.6 Å². The van der Waals surface area contributed by atoms with Crippen molar-refractivity contribution < 1.29 is 23.8 Å². The summed E-state index contributed by atoms with van der Waals surface area (Å²) in [6.45, 7) is 0.841. The Hall–Kier alpha value is -2.58. The molecule has 2 amide bonds. The number of benzene rings is 1. The van der Waals surface area contributed by atoms with Crippen LogP contribution in [0, 0.1) is 6.92 Å². The Morgan fingerprint density at radius 2 is 1.91 bits per heavy atom. The summed E-state index contributed by atoms with van der Waals surface area (Å²) in [5.74, 6) is -0.631. The summed E-state index contributed by atoms with van der Waals surface area (Å²) in [6, 6.07) is 3.83. The molecule has 0 spiro atoms. The van der Waals surface area contributed by atoms with E-state index < -0.39 is 30.1 Å². The van der Waals surface area contributed by atoms with Crippen LogP contribution in [0.25, 0.3) is 11.0 Å². The van der Waals surface area contributed by atoms with E-state index in [0.717, 1.165) is 38.5 Å². The van der Waals surface area contributed by atoms with Crippen molar-refractivity contribution in [2.75, 3.05) is 13.2 Å². The van der Waals surface area contributed by atoms with E-state index in [4.69, 9.17) is 20.8 Å². The van der Waals surface area contributed by atoms with Crippen molar-refractivity contribution in [3.63, 3.8) is 0 Å². The number of aryl methyl sites for hydroxylation is 1. The van der Waals surface area contributed by atoms with E-state index >= 15 is 0 Å². The van der Waals surface area contributed by atoms with Gasteiger partial charge in [-0.15, -0.1) is 0 Å². The molecule has 9 heteroatoms. The van der Waals surface area contributed by atoms with Crippen molar-refractivity contribution in [2.45, 2.75) is 64.0 Å². The molecule has 1 aliphatic carbocycles. The van der Waals surface area contributed by atoms with Crippen molar-refractivity contribution >= 4 is 34.4 Å². The summed E-state index contributed by atoms with van der Waals surface area (Å²) in [4.78, 5) is 36.6. The highest BCUT2D eigenvalue weighted by molar-refractivity contribution is 6.31. The lowest BCUT2D eigenvalue weighted by molar-refractivity contribution is -0.131. The van der Waals surface area contributed by atoms with Gasteiger partial charge >= 0.3 is 5.63 Å². The lowest BCUT2D eigenvalue weighted by atomic mass is 9.96. The van der Waals surface area contributed by atoms with E-state index in [1.54, 1.807) is 19.1 Å². The maximum absolute atomic E-state index is 12.5. The number of nitrogens with one attached hydrogen (secondary N) is 2. The summed E-state index contributed by atoms with van der Waals surface area (Å²) in [7, 11) is 0.